The summed E-state index contributed by atoms with van der Waals surface area (Å²) in [6, 6.07) is 0.185. The molecule has 0 aromatic rings. The van der Waals surface area contributed by atoms with Gasteiger partial charge in [-0.05, 0) is 31.6 Å². The highest BCUT2D eigenvalue weighted by molar-refractivity contribution is 5.99. The van der Waals surface area contributed by atoms with Crippen LogP contribution in [0.3, 0.4) is 0 Å². The molecule has 2 rings (SSSR count). The van der Waals surface area contributed by atoms with E-state index in [9.17, 15) is 9.59 Å². The second-order valence-corrected chi connectivity index (χ2v) is 6.92. The van der Waals surface area contributed by atoms with Gasteiger partial charge in [0.25, 0.3) is 0 Å². The summed E-state index contributed by atoms with van der Waals surface area (Å²) in [5.74, 6) is 0.370. The molecule has 1 N–H and O–H groups in total. The Hall–Kier alpha value is -0.860. The Balaban J connectivity index is 2.33. The number of ketones is 1. The maximum Gasteiger partial charge on any atom is 0.227 e. The van der Waals surface area contributed by atoms with E-state index in [1.165, 1.54) is 0 Å². The summed E-state index contributed by atoms with van der Waals surface area (Å²) in [6.45, 7) is 10.3. The first kappa shape index (κ1) is 13.6. The molecule has 2 aliphatic carbocycles. The highest BCUT2D eigenvalue weighted by Crippen LogP contribution is 2.70. The standard InChI is InChI=1S/C15H25NO2/c1-6-10(2)16-12(18)15-8-7-14(5,11(17)9-15)13(15,3)4/h10H,6-9H2,1-5H3,(H,16,18)/t10-,14+,15+/m1/s1. The van der Waals surface area contributed by atoms with Crippen molar-refractivity contribution in [3.8, 4) is 0 Å². The maximum absolute atomic E-state index is 12.6. The Bertz CT molecular complexity index is 401. The van der Waals surface area contributed by atoms with Gasteiger partial charge in [-0.3, -0.25) is 9.59 Å². The van der Waals surface area contributed by atoms with Crippen LogP contribution in [0.5, 0.6) is 0 Å². The van der Waals surface area contributed by atoms with Gasteiger partial charge in [0.2, 0.25) is 5.91 Å². The molecule has 0 heterocycles. The van der Waals surface area contributed by atoms with Crippen LogP contribution in [0, 0.1) is 16.2 Å². The molecule has 2 aliphatic rings. The maximum atomic E-state index is 12.6. The first-order valence-corrected chi connectivity index (χ1v) is 7.05. The number of carbonyl (C=O) groups excluding carboxylic acids is 2. The number of Topliss-reactive ketones (excluding diaryl/α,β-unsaturated/α-hetero) is 1. The minimum atomic E-state index is -0.470. The largest absolute Gasteiger partial charge is 0.353 e. The molecular weight excluding hydrogens is 226 g/mol. The fourth-order valence-electron chi connectivity index (χ4n) is 3.82. The van der Waals surface area contributed by atoms with Gasteiger partial charge < -0.3 is 5.32 Å². The summed E-state index contributed by atoms with van der Waals surface area (Å²) < 4.78 is 0. The molecule has 2 saturated carbocycles. The third kappa shape index (κ3) is 1.36. The topological polar surface area (TPSA) is 46.2 Å². The molecule has 18 heavy (non-hydrogen) atoms. The predicted octanol–water partition coefficient (Wildman–Crippen LogP) is 2.69. The van der Waals surface area contributed by atoms with Gasteiger partial charge in [0.15, 0.2) is 0 Å². The van der Waals surface area contributed by atoms with Crippen molar-refractivity contribution < 1.29 is 9.59 Å². The number of amides is 1. The molecule has 1 amide bonds. The predicted molar refractivity (Wildman–Crippen MR) is 71.1 cm³/mol. The van der Waals surface area contributed by atoms with Crippen LogP contribution < -0.4 is 5.32 Å². The van der Waals surface area contributed by atoms with Gasteiger partial charge in [0.05, 0.1) is 5.41 Å². The second kappa shape index (κ2) is 3.82. The Morgan fingerprint density at radius 1 is 1.33 bits per heavy atom. The number of nitrogens with one attached hydrogen (secondary N) is 1. The minimum Gasteiger partial charge on any atom is -0.353 e. The molecule has 2 fully saturated rings. The lowest BCUT2D eigenvalue weighted by atomic mass is 9.64. The zero-order chi connectivity index (χ0) is 13.8. The first-order chi connectivity index (χ1) is 8.21. The van der Waals surface area contributed by atoms with E-state index in [-0.39, 0.29) is 28.6 Å². The molecule has 0 aliphatic heterocycles. The Morgan fingerprint density at radius 3 is 2.33 bits per heavy atom. The van der Waals surface area contributed by atoms with E-state index >= 15 is 0 Å². The van der Waals surface area contributed by atoms with Crippen molar-refractivity contribution in [2.75, 3.05) is 0 Å². The molecule has 0 aromatic carbocycles. The van der Waals surface area contributed by atoms with Crippen LogP contribution in [0.25, 0.3) is 0 Å². The molecule has 0 radical (unpaired) electrons. The van der Waals surface area contributed by atoms with Crippen molar-refractivity contribution in [2.45, 2.75) is 66.3 Å². The Morgan fingerprint density at radius 2 is 1.94 bits per heavy atom. The fraction of sp³-hybridized carbons (Fsp3) is 0.867. The van der Waals surface area contributed by atoms with Gasteiger partial charge in [-0.25, -0.2) is 0 Å². The molecular formula is C15H25NO2. The summed E-state index contributed by atoms with van der Waals surface area (Å²) in [5, 5.41) is 3.09. The normalized spacial score (nSPS) is 38.8. The number of hydrogen-bond donors (Lipinski definition) is 1. The first-order valence-electron chi connectivity index (χ1n) is 7.05. The average Bonchev–Trinajstić information content (AvgIpc) is 2.59. The molecule has 0 saturated heterocycles. The minimum absolute atomic E-state index is 0.0939. The zero-order valence-corrected chi connectivity index (χ0v) is 12.2. The van der Waals surface area contributed by atoms with E-state index in [4.69, 9.17) is 0 Å². The van der Waals surface area contributed by atoms with Crippen LogP contribution in [0.1, 0.15) is 60.3 Å². The molecule has 3 heteroatoms. The molecule has 3 nitrogen and oxygen atoms in total. The van der Waals surface area contributed by atoms with E-state index in [1.807, 2.05) is 13.8 Å². The number of rotatable bonds is 3. The molecule has 0 unspecified atom stereocenters. The van der Waals surface area contributed by atoms with Crippen molar-refractivity contribution in [2.24, 2.45) is 16.2 Å². The fourth-order valence-corrected chi connectivity index (χ4v) is 3.82. The van der Waals surface area contributed by atoms with Crippen LogP contribution >= 0.6 is 0 Å². The van der Waals surface area contributed by atoms with Crippen molar-refractivity contribution in [3.63, 3.8) is 0 Å². The summed E-state index contributed by atoms with van der Waals surface area (Å²) in [5.41, 5.74) is -1.00. The third-order valence-electron chi connectivity index (χ3n) is 6.13. The van der Waals surface area contributed by atoms with Gasteiger partial charge in [-0.1, -0.05) is 27.7 Å². The van der Waals surface area contributed by atoms with E-state index in [1.54, 1.807) is 0 Å². The van der Waals surface area contributed by atoms with E-state index in [0.29, 0.717) is 6.42 Å². The van der Waals surface area contributed by atoms with E-state index in [2.05, 4.69) is 26.1 Å². The van der Waals surface area contributed by atoms with Crippen LogP contribution in [-0.4, -0.2) is 17.7 Å². The highest BCUT2D eigenvalue weighted by atomic mass is 16.2. The molecule has 2 bridgehead atoms. The summed E-state index contributed by atoms with van der Waals surface area (Å²) >= 11 is 0. The smallest absolute Gasteiger partial charge is 0.227 e. The quantitative estimate of drug-likeness (QED) is 0.838. The summed E-state index contributed by atoms with van der Waals surface area (Å²) in [4.78, 5) is 24.9. The zero-order valence-electron chi connectivity index (χ0n) is 12.2. The summed E-state index contributed by atoms with van der Waals surface area (Å²) in [6.07, 6.45) is 3.06. The molecule has 3 atom stereocenters. The van der Waals surface area contributed by atoms with Crippen LogP contribution in [0.4, 0.5) is 0 Å². The number of hydrogen-bond acceptors (Lipinski definition) is 2. The number of fused-ring (bicyclic) bond motifs is 2. The Kier molecular flexibility index (Phi) is 2.88. The van der Waals surface area contributed by atoms with Crippen molar-refractivity contribution >= 4 is 11.7 Å². The van der Waals surface area contributed by atoms with Gasteiger partial charge in [-0.2, -0.15) is 0 Å². The average molecular weight is 251 g/mol. The summed E-state index contributed by atoms with van der Waals surface area (Å²) in [7, 11) is 0. The second-order valence-electron chi connectivity index (χ2n) is 6.92. The van der Waals surface area contributed by atoms with Crippen molar-refractivity contribution in [1.29, 1.82) is 0 Å². The molecule has 0 aromatic heterocycles. The van der Waals surface area contributed by atoms with Gasteiger partial charge >= 0.3 is 0 Å². The van der Waals surface area contributed by atoms with Crippen LogP contribution in [-0.2, 0) is 9.59 Å². The van der Waals surface area contributed by atoms with Gasteiger partial charge in [0.1, 0.15) is 5.78 Å². The number of carbonyl (C=O) groups is 2. The van der Waals surface area contributed by atoms with Crippen molar-refractivity contribution in [1.82, 2.24) is 5.32 Å². The van der Waals surface area contributed by atoms with Crippen LogP contribution in [0.2, 0.25) is 0 Å². The van der Waals surface area contributed by atoms with E-state index in [0.717, 1.165) is 19.3 Å². The lowest BCUT2D eigenvalue weighted by molar-refractivity contribution is -0.137. The van der Waals surface area contributed by atoms with Crippen LogP contribution in [0.15, 0.2) is 0 Å². The Labute approximate surface area is 110 Å². The lowest BCUT2D eigenvalue weighted by Crippen LogP contribution is -2.49. The van der Waals surface area contributed by atoms with Crippen molar-refractivity contribution in [3.05, 3.63) is 0 Å². The monoisotopic (exact) mass is 251 g/mol. The highest BCUT2D eigenvalue weighted by Gasteiger charge is 2.72. The lowest BCUT2D eigenvalue weighted by Gasteiger charge is -2.39. The van der Waals surface area contributed by atoms with Gasteiger partial charge in [0, 0.05) is 17.9 Å². The third-order valence-corrected chi connectivity index (χ3v) is 6.13. The molecule has 0 spiro atoms. The SMILES string of the molecule is CC[C@@H](C)NC(=O)[C@]12CC[C@@](C)(C(=O)C1)C2(C)C. The van der Waals surface area contributed by atoms with Gasteiger partial charge in [-0.15, -0.1) is 0 Å². The van der Waals surface area contributed by atoms with E-state index < -0.39 is 5.41 Å². The molecule has 102 valence electrons.